The number of aryl methyl sites for hydroxylation is 1. The van der Waals surface area contributed by atoms with E-state index in [1.807, 2.05) is 0 Å². The van der Waals surface area contributed by atoms with Crippen LogP contribution in [-0.4, -0.2) is 57.5 Å². The Morgan fingerprint density at radius 2 is 1.62 bits per heavy atom. The molecule has 1 N–H and O–H groups in total. The van der Waals surface area contributed by atoms with Gasteiger partial charge in [0.15, 0.2) is 0 Å². The van der Waals surface area contributed by atoms with E-state index in [1.165, 1.54) is 30.4 Å². The van der Waals surface area contributed by atoms with Crippen LogP contribution in [0.3, 0.4) is 0 Å². The maximum atomic E-state index is 10.6. The normalized spacial score (nSPS) is 31.1. The summed E-state index contributed by atoms with van der Waals surface area (Å²) >= 11 is 0. The molecule has 2 saturated carbocycles. The van der Waals surface area contributed by atoms with E-state index in [4.69, 9.17) is 18.9 Å². The lowest BCUT2D eigenvalue weighted by atomic mass is 9.55. The molecule has 3 aliphatic rings. The highest BCUT2D eigenvalue weighted by atomic mass is 16.6. The molecule has 180 valence electrons. The van der Waals surface area contributed by atoms with Crippen LogP contribution in [0, 0.1) is 17.3 Å². The van der Waals surface area contributed by atoms with Gasteiger partial charge in [0.2, 0.25) is 0 Å². The van der Waals surface area contributed by atoms with Gasteiger partial charge in [-0.2, -0.15) is 0 Å². The van der Waals surface area contributed by atoms with E-state index in [2.05, 4.69) is 32.0 Å². The molecule has 3 aliphatic carbocycles. The van der Waals surface area contributed by atoms with Gasteiger partial charge in [-0.25, -0.2) is 0 Å². The number of benzene rings is 1. The maximum Gasteiger partial charge on any atom is 0.119 e. The minimum absolute atomic E-state index is 0.0979. The minimum Gasteiger partial charge on any atom is -0.491 e. The van der Waals surface area contributed by atoms with Crippen LogP contribution < -0.4 is 4.74 Å². The molecule has 0 aliphatic heterocycles. The fourth-order valence-electron chi connectivity index (χ4n) is 6.53. The smallest absolute Gasteiger partial charge is 0.119 e. The fraction of sp³-hybridized carbons (Fsp3) is 0.778. The highest BCUT2D eigenvalue weighted by Crippen LogP contribution is 2.60. The molecule has 1 aromatic rings. The van der Waals surface area contributed by atoms with Crippen molar-refractivity contribution in [2.24, 2.45) is 17.3 Å². The van der Waals surface area contributed by atoms with Gasteiger partial charge >= 0.3 is 0 Å². The number of fused-ring (bicyclic) bond motifs is 5. The molecule has 3 unspecified atom stereocenters. The monoisotopic (exact) mass is 446 g/mol. The van der Waals surface area contributed by atoms with Crippen molar-refractivity contribution in [2.75, 3.05) is 46.2 Å². The van der Waals surface area contributed by atoms with E-state index in [1.54, 1.807) is 0 Å². The molecule has 5 heteroatoms. The minimum atomic E-state index is -0.0979. The van der Waals surface area contributed by atoms with Crippen LogP contribution in [0.4, 0.5) is 0 Å². The number of aliphatic hydroxyl groups excluding tert-OH is 1. The first kappa shape index (κ1) is 24.0. The lowest BCUT2D eigenvalue weighted by molar-refractivity contribution is -0.0226. The molecule has 1 aromatic carbocycles. The standard InChI is InChI=1S/C27H42O5/c1-3-12-29-13-14-30-15-16-31-17-18-32-21-5-7-22-20(19-21)4-6-24-23(22)10-11-27(2)25(24)8-9-26(27)28/h5,7,19,23-26,28H,3-4,6,8-18H2,1-2H3/t23-,24?,25+,26?,27?/m1/s1. The summed E-state index contributed by atoms with van der Waals surface area (Å²) in [5.41, 5.74) is 3.15. The second-order valence-electron chi connectivity index (χ2n) is 10.1. The quantitative estimate of drug-likeness (QED) is 0.470. The maximum absolute atomic E-state index is 10.6. The first-order valence-corrected chi connectivity index (χ1v) is 12.8. The summed E-state index contributed by atoms with van der Waals surface area (Å²) in [4.78, 5) is 0. The molecule has 0 bridgehead atoms. The number of ether oxygens (including phenoxy) is 4. The fourth-order valence-corrected chi connectivity index (χ4v) is 6.53. The number of rotatable bonds is 12. The lowest BCUT2D eigenvalue weighted by Crippen LogP contribution is -2.43. The second kappa shape index (κ2) is 11.3. The highest BCUT2D eigenvalue weighted by Gasteiger charge is 2.54. The van der Waals surface area contributed by atoms with Crippen molar-refractivity contribution in [3.8, 4) is 5.75 Å². The highest BCUT2D eigenvalue weighted by molar-refractivity contribution is 5.40. The van der Waals surface area contributed by atoms with E-state index < -0.39 is 0 Å². The largest absolute Gasteiger partial charge is 0.491 e. The summed E-state index contributed by atoms with van der Waals surface area (Å²) in [6, 6.07) is 6.70. The number of hydrogen-bond donors (Lipinski definition) is 1. The third kappa shape index (κ3) is 5.32. The molecular formula is C27H42O5. The Hall–Kier alpha value is -1.14. The average molecular weight is 447 g/mol. The van der Waals surface area contributed by atoms with Gasteiger partial charge < -0.3 is 24.1 Å². The summed E-state index contributed by atoms with van der Waals surface area (Å²) in [5, 5.41) is 10.6. The van der Waals surface area contributed by atoms with Crippen molar-refractivity contribution in [1.82, 2.24) is 0 Å². The number of hydrogen-bond acceptors (Lipinski definition) is 5. The van der Waals surface area contributed by atoms with E-state index in [0.717, 1.165) is 44.0 Å². The number of aliphatic hydroxyl groups is 1. The van der Waals surface area contributed by atoms with Gasteiger partial charge in [0.05, 0.1) is 39.1 Å². The van der Waals surface area contributed by atoms with Gasteiger partial charge in [-0.1, -0.05) is 19.9 Å². The Bertz CT molecular complexity index is 722. The Kier molecular flexibility index (Phi) is 8.49. The predicted octanol–water partition coefficient (Wildman–Crippen LogP) is 4.74. The third-order valence-electron chi connectivity index (χ3n) is 8.24. The molecule has 0 aromatic heterocycles. The van der Waals surface area contributed by atoms with Crippen molar-refractivity contribution in [2.45, 2.75) is 70.8 Å². The molecule has 32 heavy (non-hydrogen) atoms. The van der Waals surface area contributed by atoms with Crippen LogP contribution in [0.1, 0.15) is 69.4 Å². The van der Waals surface area contributed by atoms with Gasteiger partial charge in [0, 0.05) is 6.61 Å². The van der Waals surface area contributed by atoms with Crippen molar-refractivity contribution >= 4 is 0 Å². The van der Waals surface area contributed by atoms with E-state index >= 15 is 0 Å². The van der Waals surface area contributed by atoms with Crippen LogP contribution in [-0.2, 0) is 20.6 Å². The van der Waals surface area contributed by atoms with Crippen molar-refractivity contribution in [1.29, 1.82) is 0 Å². The zero-order valence-corrected chi connectivity index (χ0v) is 20.0. The Morgan fingerprint density at radius 1 is 0.906 bits per heavy atom. The van der Waals surface area contributed by atoms with Gasteiger partial charge in [-0.05, 0) is 91.4 Å². The van der Waals surface area contributed by atoms with E-state index in [0.29, 0.717) is 51.5 Å². The topological polar surface area (TPSA) is 57.2 Å². The Morgan fingerprint density at radius 3 is 2.38 bits per heavy atom. The van der Waals surface area contributed by atoms with Crippen molar-refractivity contribution in [3.05, 3.63) is 29.3 Å². The van der Waals surface area contributed by atoms with Gasteiger partial charge in [0.25, 0.3) is 0 Å². The molecule has 0 heterocycles. The average Bonchev–Trinajstić information content (AvgIpc) is 3.11. The van der Waals surface area contributed by atoms with Crippen LogP contribution >= 0.6 is 0 Å². The van der Waals surface area contributed by atoms with Crippen LogP contribution in [0.5, 0.6) is 5.75 Å². The lowest BCUT2D eigenvalue weighted by Gasteiger charge is -2.50. The molecule has 0 amide bonds. The second-order valence-corrected chi connectivity index (χ2v) is 10.1. The van der Waals surface area contributed by atoms with Gasteiger partial charge in [0.1, 0.15) is 12.4 Å². The third-order valence-corrected chi connectivity index (χ3v) is 8.24. The first-order chi connectivity index (χ1) is 15.6. The van der Waals surface area contributed by atoms with Gasteiger partial charge in [-0.15, -0.1) is 0 Å². The molecule has 5 atom stereocenters. The summed E-state index contributed by atoms with van der Waals surface area (Å²) in [6.45, 7) is 8.82. The summed E-state index contributed by atoms with van der Waals surface area (Å²) < 4.78 is 22.4. The van der Waals surface area contributed by atoms with Crippen molar-refractivity contribution in [3.63, 3.8) is 0 Å². The summed E-state index contributed by atoms with van der Waals surface area (Å²) in [6.07, 6.45) is 7.89. The predicted molar refractivity (Wildman–Crippen MR) is 125 cm³/mol. The van der Waals surface area contributed by atoms with Crippen molar-refractivity contribution < 1.29 is 24.1 Å². The Labute approximate surface area is 193 Å². The molecular weight excluding hydrogens is 404 g/mol. The summed E-state index contributed by atoms with van der Waals surface area (Å²) in [5.74, 6) is 3.03. The SMILES string of the molecule is CCCOCCOCCOCCOc1ccc2c(c1)CCC1[C@@H]2CCC2(C)C(O)CC[C@@H]12. The molecule has 0 radical (unpaired) electrons. The Balaban J connectivity index is 1.18. The zero-order chi connectivity index (χ0) is 22.4. The van der Waals surface area contributed by atoms with Crippen LogP contribution in [0.2, 0.25) is 0 Å². The molecule has 4 rings (SSSR count). The van der Waals surface area contributed by atoms with E-state index in [-0.39, 0.29) is 11.5 Å². The summed E-state index contributed by atoms with van der Waals surface area (Å²) in [7, 11) is 0. The molecule has 0 saturated heterocycles. The van der Waals surface area contributed by atoms with Gasteiger partial charge in [-0.3, -0.25) is 0 Å². The molecule has 2 fully saturated rings. The molecule has 0 spiro atoms. The van der Waals surface area contributed by atoms with Crippen LogP contribution in [0.15, 0.2) is 18.2 Å². The molecule has 5 nitrogen and oxygen atoms in total. The van der Waals surface area contributed by atoms with E-state index in [9.17, 15) is 5.11 Å². The van der Waals surface area contributed by atoms with Crippen LogP contribution in [0.25, 0.3) is 0 Å². The zero-order valence-electron chi connectivity index (χ0n) is 20.0. The first-order valence-electron chi connectivity index (χ1n) is 12.8.